The van der Waals surface area contributed by atoms with Crippen molar-refractivity contribution in [2.45, 2.75) is 31.7 Å². The van der Waals surface area contributed by atoms with E-state index in [1.165, 1.54) is 12.8 Å². The number of carbonyl (C=O) groups excluding carboxylic acids is 1. The Balaban J connectivity index is 2.02. The van der Waals surface area contributed by atoms with Crippen LogP contribution in [0.1, 0.15) is 25.7 Å². The lowest BCUT2D eigenvalue weighted by Crippen LogP contribution is -2.40. The second-order valence-electron chi connectivity index (χ2n) is 5.40. The van der Waals surface area contributed by atoms with Gasteiger partial charge in [-0.1, -0.05) is 12.8 Å². The van der Waals surface area contributed by atoms with E-state index in [-0.39, 0.29) is 12.5 Å². The first-order valence-electron chi connectivity index (χ1n) is 6.92. The predicted molar refractivity (Wildman–Crippen MR) is 79.3 cm³/mol. The molecule has 1 aliphatic carbocycles. The van der Waals surface area contributed by atoms with Crippen LogP contribution < -0.4 is 16.4 Å². The van der Waals surface area contributed by atoms with Gasteiger partial charge >= 0.3 is 0 Å². The number of aromatic amines is 1. The van der Waals surface area contributed by atoms with Crippen LogP contribution in [0, 0.1) is 0 Å². The molecule has 5 N–H and O–H groups in total. The quantitative estimate of drug-likeness (QED) is 0.732. The van der Waals surface area contributed by atoms with Gasteiger partial charge in [0.1, 0.15) is 0 Å². The molecule has 1 heterocycles. The number of nitrogen functional groups attached to an aromatic ring is 1. The average molecular weight is 273 g/mol. The molecular weight excluding hydrogens is 254 g/mol. The summed E-state index contributed by atoms with van der Waals surface area (Å²) in [6.07, 6.45) is 6.27. The highest BCUT2D eigenvalue weighted by atomic mass is 16.1. The number of amides is 1. The molecule has 106 valence electrons. The van der Waals surface area contributed by atoms with Crippen LogP contribution in [0.5, 0.6) is 0 Å². The Labute approximate surface area is 117 Å². The monoisotopic (exact) mass is 273 g/mol. The van der Waals surface area contributed by atoms with E-state index < -0.39 is 0 Å². The van der Waals surface area contributed by atoms with Gasteiger partial charge in [-0.25, -0.2) is 0 Å². The second-order valence-corrected chi connectivity index (χ2v) is 5.40. The Morgan fingerprint density at radius 2 is 2.15 bits per heavy atom. The Bertz CT molecular complexity index is 630. The zero-order chi connectivity index (χ0) is 14.1. The molecular formula is C14H19N5O. The van der Waals surface area contributed by atoms with Crippen molar-refractivity contribution in [1.82, 2.24) is 10.2 Å². The van der Waals surface area contributed by atoms with Crippen LogP contribution >= 0.6 is 0 Å². The molecule has 0 bridgehead atoms. The van der Waals surface area contributed by atoms with Gasteiger partial charge < -0.3 is 16.4 Å². The van der Waals surface area contributed by atoms with Gasteiger partial charge in [-0.05, 0) is 25.0 Å². The minimum Gasteiger partial charge on any atom is -0.397 e. The molecule has 1 aromatic carbocycles. The molecule has 1 fully saturated rings. The van der Waals surface area contributed by atoms with Crippen molar-refractivity contribution in [1.29, 1.82) is 0 Å². The van der Waals surface area contributed by atoms with Crippen molar-refractivity contribution in [2.24, 2.45) is 5.73 Å². The molecule has 1 aromatic heterocycles. The van der Waals surface area contributed by atoms with Crippen LogP contribution in [0.4, 0.5) is 11.4 Å². The maximum Gasteiger partial charge on any atom is 0.236 e. The highest BCUT2D eigenvalue weighted by Gasteiger charge is 2.25. The normalized spacial score (nSPS) is 15.8. The molecule has 3 rings (SSSR count). The number of carbonyl (C=O) groups is 1. The van der Waals surface area contributed by atoms with E-state index in [0.717, 1.165) is 29.4 Å². The SMILES string of the molecule is NC(=O)CN(c1cc2[nH]ncc2cc1N)C1CCCC1. The van der Waals surface area contributed by atoms with Crippen molar-refractivity contribution in [3.63, 3.8) is 0 Å². The maximum atomic E-state index is 11.4. The predicted octanol–water partition coefficient (Wildman–Crippen LogP) is 1.38. The smallest absolute Gasteiger partial charge is 0.236 e. The number of fused-ring (bicyclic) bond motifs is 1. The standard InChI is InChI=1S/C14H19N5O/c15-11-5-9-7-17-18-12(9)6-13(11)19(8-14(16)20)10-3-1-2-4-10/h5-7,10H,1-4,8,15H2,(H2,16,20)(H,17,18). The number of nitrogens with two attached hydrogens (primary N) is 2. The molecule has 1 saturated carbocycles. The largest absolute Gasteiger partial charge is 0.397 e. The number of anilines is 2. The number of hydrogen-bond donors (Lipinski definition) is 3. The first kappa shape index (κ1) is 12.8. The van der Waals surface area contributed by atoms with Gasteiger partial charge in [0.05, 0.1) is 29.6 Å². The summed E-state index contributed by atoms with van der Waals surface area (Å²) < 4.78 is 0. The topological polar surface area (TPSA) is 101 Å². The van der Waals surface area contributed by atoms with Gasteiger partial charge in [0.2, 0.25) is 5.91 Å². The Morgan fingerprint density at radius 1 is 1.40 bits per heavy atom. The molecule has 0 unspecified atom stereocenters. The summed E-state index contributed by atoms with van der Waals surface area (Å²) in [5.41, 5.74) is 14.0. The number of benzene rings is 1. The summed E-state index contributed by atoms with van der Waals surface area (Å²) >= 11 is 0. The zero-order valence-corrected chi connectivity index (χ0v) is 11.3. The molecule has 1 aliphatic rings. The number of rotatable bonds is 4. The fourth-order valence-corrected chi connectivity index (χ4v) is 3.04. The molecule has 0 aliphatic heterocycles. The lowest BCUT2D eigenvalue weighted by molar-refractivity contribution is -0.116. The highest BCUT2D eigenvalue weighted by Crippen LogP contribution is 2.33. The summed E-state index contributed by atoms with van der Waals surface area (Å²) in [6.45, 7) is 0.203. The summed E-state index contributed by atoms with van der Waals surface area (Å²) in [6, 6.07) is 4.18. The van der Waals surface area contributed by atoms with Gasteiger partial charge in [-0.15, -0.1) is 0 Å². The van der Waals surface area contributed by atoms with Crippen LogP contribution in [-0.2, 0) is 4.79 Å². The van der Waals surface area contributed by atoms with Crippen LogP contribution in [0.25, 0.3) is 10.9 Å². The van der Waals surface area contributed by atoms with E-state index in [2.05, 4.69) is 10.2 Å². The Hall–Kier alpha value is -2.24. The molecule has 2 aromatic rings. The third-order valence-corrected chi connectivity index (χ3v) is 3.99. The number of nitrogens with zero attached hydrogens (tertiary/aromatic N) is 2. The van der Waals surface area contributed by atoms with Crippen molar-refractivity contribution < 1.29 is 4.79 Å². The maximum absolute atomic E-state index is 11.4. The van der Waals surface area contributed by atoms with Gasteiger partial charge in [0, 0.05) is 11.4 Å². The summed E-state index contributed by atoms with van der Waals surface area (Å²) in [4.78, 5) is 13.4. The van der Waals surface area contributed by atoms with E-state index >= 15 is 0 Å². The molecule has 6 nitrogen and oxygen atoms in total. The van der Waals surface area contributed by atoms with Crippen molar-refractivity contribution in [3.05, 3.63) is 18.3 Å². The highest BCUT2D eigenvalue weighted by molar-refractivity contribution is 5.90. The fraction of sp³-hybridized carbons (Fsp3) is 0.429. The summed E-state index contributed by atoms with van der Waals surface area (Å²) in [5, 5.41) is 7.92. The van der Waals surface area contributed by atoms with Crippen LogP contribution in [-0.4, -0.2) is 28.7 Å². The van der Waals surface area contributed by atoms with Gasteiger partial charge in [0.25, 0.3) is 0 Å². The van der Waals surface area contributed by atoms with E-state index in [1.807, 2.05) is 17.0 Å². The minimum absolute atomic E-state index is 0.203. The molecule has 0 atom stereocenters. The molecule has 0 spiro atoms. The molecule has 6 heteroatoms. The number of nitrogens with one attached hydrogen (secondary N) is 1. The van der Waals surface area contributed by atoms with E-state index in [4.69, 9.17) is 11.5 Å². The number of hydrogen-bond acceptors (Lipinski definition) is 4. The first-order valence-corrected chi connectivity index (χ1v) is 6.92. The molecule has 0 radical (unpaired) electrons. The fourth-order valence-electron chi connectivity index (χ4n) is 3.04. The third kappa shape index (κ3) is 2.29. The van der Waals surface area contributed by atoms with Crippen molar-refractivity contribution >= 4 is 28.2 Å². The Morgan fingerprint density at radius 3 is 2.85 bits per heavy atom. The zero-order valence-electron chi connectivity index (χ0n) is 11.3. The van der Waals surface area contributed by atoms with Crippen LogP contribution in [0.2, 0.25) is 0 Å². The minimum atomic E-state index is -0.332. The van der Waals surface area contributed by atoms with Crippen molar-refractivity contribution in [3.8, 4) is 0 Å². The number of primary amides is 1. The lowest BCUT2D eigenvalue weighted by atomic mass is 10.1. The second kappa shape index (κ2) is 5.03. The summed E-state index contributed by atoms with van der Waals surface area (Å²) in [5.74, 6) is -0.332. The van der Waals surface area contributed by atoms with E-state index in [0.29, 0.717) is 11.7 Å². The molecule has 0 saturated heterocycles. The van der Waals surface area contributed by atoms with E-state index in [1.54, 1.807) is 6.20 Å². The third-order valence-electron chi connectivity index (χ3n) is 3.99. The van der Waals surface area contributed by atoms with Crippen molar-refractivity contribution in [2.75, 3.05) is 17.2 Å². The van der Waals surface area contributed by atoms with Crippen LogP contribution in [0.15, 0.2) is 18.3 Å². The number of H-pyrrole nitrogens is 1. The average Bonchev–Trinajstić information content (AvgIpc) is 3.05. The first-order chi connectivity index (χ1) is 9.65. The molecule has 20 heavy (non-hydrogen) atoms. The molecule has 1 amide bonds. The lowest BCUT2D eigenvalue weighted by Gasteiger charge is -2.31. The van der Waals surface area contributed by atoms with E-state index in [9.17, 15) is 4.79 Å². The van der Waals surface area contributed by atoms with Gasteiger partial charge in [0.15, 0.2) is 0 Å². The Kier molecular flexibility index (Phi) is 3.22. The summed E-state index contributed by atoms with van der Waals surface area (Å²) in [7, 11) is 0. The van der Waals surface area contributed by atoms with Crippen LogP contribution in [0.3, 0.4) is 0 Å². The van der Waals surface area contributed by atoms with Gasteiger partial charge in [-0.2, -0.15) is 5.10 Å². The van der Waals surface area contributed by atoms with Gasteiger partial charge in [-0.3, -0.25) is 9.89 Å². The number of aromatic nitrogens is 2.